The molecule has 1 amide bonds. The number of nitrogens with one attached hydrogen (secondary N) is 1. The van der Waals surface area contributed by atoms with Crippen LogP contribution in [0.4, 0.5) is 0 Å². The minimum absolute atomic E-state index is 0.0871. The van der Waals surface area contributed by atoms with E-state index in [9.17, 15) is 9.59 Å². The normalized spacial score (nSPS) is 21.0. The summed E-state index contributed by atoms with van der Waals surface area (Å²) in [6.45, 7) is 1.27. The van der Waals surface area contributed by atoms with Gasteiger partial charge in [-0.15, -0.1) is 0 Å². The van der Waals surface area contributed by atoms with Crippen LogP contribution in [0.2, 0.25) is 0 Å². The molecule has 5 heteroatoms. The van der Waals surface area contributed by atoms with Crippen LogP contribution in [0.25, 0.3) is 0 Å². The van der Waals surface area contributed by atoms with Gasteiger partial charge in [-0.25, -0.2) is 0 Å². The first-order valence-electron chi connectivity index (χ1n) is 9.37. The number of para-hydroxylation sites is 1. The predicted octanol–water partition coefficient (Wildman–Crippen LogP) is 2.79. The van der Waals surface area contributed by atoms with Gasteiger partial charge in [0.25, 0.3) is 0 Å². The second-order valence-electron chi connectivity index (χ2n) is 7.25. The number of rotatable bonds is 4. The first-order chi connectivity index (χ1) is 13.2. The van der Waals surface area contributed by atoms with Crippen molar-refractivity contribution in [2.24, 2.45) is 5.41 Å². The topological polar surface area (TPSA) is 64.6 Å². The molecule has 1 unspecified atom stereocenters. The molecule has 1 N–H and O–H groups in total. The number of benzene rings is 2. The van der Waals surface area contributed by atoms with Crippen LogP contribution in [-0.4, -0.2) is 37.6 Å². The molecule has 0 saturated carbocycles. The SMILES string of the molecule is O=C1c2ccccc2OCC1NC(=O)C1(Cc2ccccc2)CCOCC1. The van der Waals surface area contributed by atoms with Gasteiger partial charge in [-0.3, -0.25) is 9.59 Å². The molecule has 2 aliphatic rings. The Bertz CT molecular complexity index is 827. The Morgan fingerprint density at radius 3 is 2.52 bits per heavy atom. The quantitative estimate of drug-likeness (QED) is 0.905. The summed E-state index contributed by atoms with van der Waals surface area (Å²) in [5.74, 6) is 0.404. The Kier molecular flexibility index (Phi) is 4.94. The lowest BCUT2D eigenvalue weighted by molar-refractivity contribution is -0.137. The van der Waals surface area contributed by atoms with Crippen LogP contribution in [-0.2, 0) is 16.0 Å². The van der Waals surface area contributed by atoms with Gasteiger partial charge < -0.3 is 14.8 Å². The monoisotopic (exact) mass is 365 g/mol. The number of amides is 1. The largest absolute Gasteiger partial charge is 0.490 e. The molecule has 0 bridgehead atoms. The summed E-state index contributed by atoms with van der Waals surface area (Å²) >= 11 is 0. The van der Waals surface area contributed by atoms with Gasteiger partial charge in [0.2, 0.25) is 5.91 Å². The van der Waals surface area contributed by atoms with Crippen LogP contribution in [0, 0.1) is 5.41 Å². The zero-order valence-electron chi connectivity index (χ0n) is 15.1. The summed E-state index contributed by atoms with van der Waals surface area (Å²) < 4.78 is 11.2. The lowest BCUT2D eigenvalue weighted by atomic mass is 9.74. The summed E-state index contributed by atoms with van der Waals surface area (Å²) in [7, 11) is 0. The van der Waals surface area contributed by atoms with Crippen LogP contribution in [0.5, 0.6) is 5.75 Å². The average Bonchev–Trinajstić information content (AvgIpc) is 2.72. The van der Waals surface area contributed by atoms with Crippen LogP contribution in [0.15, 0.2) is 54.6 Å². The molecule has 140 valence electrons. The summed E-state index contributed by atoms with van der Waals surface area (Å²) in [5.41, 5.74) is 1.08. The predicted molar refractivity (Wildman–Crippen MR) is 101 cm³/mol. The molecule has 1 fully saturated rings. The van der Waals surface area contributed by atoms with Crippen LogP contribution in [0.1, 0.15) is 28.8 Å². The van der Waals surface area contributed by atoms with Crippen LogP contribution in [0.3, 0.4) is 0 Å². The van der Waals surface area contributed by atoms with Crippen molar-refractivity contribution in [3.05, 3.63) is 65.7 Å². The van der Waals surface area contributed by atoms with E-state index in [0.29, 0.717) is 43.8 Å². The van der Waals surface area contributed by atoms with Crippen molar-refractivity contribution in [2.75, 3.05) is 19.8 Å². The summed E-state index contributed by atoms with van der Waals surface area (Å²) in [6.07, 6.45) is 1.93. The van der Waals surface area contributed by atoms with E-state index in [1.165, 1.54) is 0 Å². The smallest absolute Gasteiger partial charge is 0.227 e. The van der Waals surface area contributed by atoms with Crippen molar-refractivity contribution in [1.29, 1.82) is 0 Å². The van der Waals surface area contributed by atoms with Gasteiger partial charge in [0, 0.05) is 13.2 Å². The average molecular weight is 365 g/mol. The van der Waals surface area contributed by atoms with Crippen molar-refractivity contribution in [1.82, 2.24) is 5.32 Å². The van der Waals surface area contributed by atoms with Crippen molar-refractivity contribution < 1.29 is 19.1 Å². The number of fused-ring (bicyclic) bond motifs is 1. The molecule has 5 nitrogen and oxygen atoms in total. The van der Waals surface area contributed by atoms with Gasteiger partial charge in [-0.1, -0.05) is 42.5 Å². The van der Waals surface area contributed by atoms with E-state index in [2.05, 4.69) is 5.32 Å². The highest BCUT2D eigenvalue weighted by molar-refractivity contribution is 6.05. The van der Waals surface area contributed by atoms with Crippen molar-refractivity contribution >= 4 is 11.7 Å². The molecule has 0 aliphatic carbocycles. The van der Waals surface area contributed by atoms with E-state index in [-0.39, 0.29) is 18.3 Å². The van der Waals surface area contributed by atoms with Gasteiger partial charge in [0.05, 0.1) is 11.0 Å². The molecule has 2 aromatic carbocycles. The fourth-order valence-corrected chi connectivity index (χ4v) is 3.88. The summed E-state index contributed by atoms with van der Waals surface area (Å²) in [6, 6.07) is 16.5. The zero-order chi connectivity index (χ0) is 18.7. The van der Waals surface area contributed by atoms with Gasteiger partial charge >= 0.3 is 0 Å². The Balaban J connectivity index is 1.53. The van der Waals surface area contributed by atoms with Gasteiger partial charge in [-0.05, 0) is 37.0 Å². The third-order valence-electron chi connectivity index (χ3n) is 5.50. The number of hydrogen-bond acceptors (Lipinski definition) is 4. The number of Topliss-reactive ketones (excluding diaryl/α,β-unsaturated/α-hetero) is 1. The molecular weight excluding hydrogens is 342 g/mol. The van der Waals surface area contributed by atoms with E-state index in [1.54, 1.807) is 18.2 Å². The number of carbonyl (C=O) groups excluding carboxylic acids is 2. The van der Waals surface area contributed by atoms with Crippen molar-refractivity contribution in [3.8, 4) is 5.75 Å². The molecule has 0 spiro atoms. The molecule has 1 saturated heterocycles. The molecule has 0 radical (unpaired) electrons. The zero-order valence-corrected chi connectivity index (χ0v) is 15.1. The summed E-state index contributed by atoms with van der Waals surface area (Å²) in [4.78, 5) is 26.1. The molecule has 27 heavy (non-hydrogen) atoms. The number of hydrogen-bond donors (Lipinski definition) is 1. The summed E-state index contributed by atoms with van der Waals surface area (Å²) in [5, 5.41) is 2.97. The molecule has 4 rings (SSSR count). The third kappa shape index (κ3) is 3.60. The lowest BCUT2D eigenvalue weighted by Crippen LogP contribution is -2.54. The first-order valence-corrected chi connectivity index (χ1v) is 9.37. The second kappa shape index (κ2) is 7.53. The van der Waals surface area contributed by atoms with Crippen LogP contribution >= 0.6 is 0 Å². The highest BCUT2D eigenvalue weighted by Crippen LogP contribution is 2.35. The fraction of sp³-hybridized carbons (Fsp3) is 0.364. The maximum Gasteiger partial charge on any atom is 0.227 e. The van der Waals surface area contributed by atoms with E-state index in [4.69, 9.17) is 9.47 Å². The molecule has 2 aliphatic heterocycles. The second-order valence-corrected chi connectivity index (χ2v) is 7.25. The van der Waals surface area contributed by atoms with Gasteiger partial charge in [0.15, 0.2) is 5.78 Å². The Morgan fingerprint density at radius 2 is 1.74 bits per heavy atom. The Hall–Kier alpha value is -2.66. The molecule has 2 heterocycles. The molecule has 2 aromatic rings. The van der Waals surface area contributed by atoms with Crippen molar-refractivity contribution in [3.63, 3.8) is 0 Å². The fourth-order valence-electron chi connectivity index (χ4n) is 3.88. The van der Waals surface area contributed by atoms with Gasteiger partial charge in [0.1, 0.15) is 18.4 Å². The number of carbonyl (C=O) groups is 2. The van der Waals surface area contributed by atoms with Crippen molar-refractivity contribution in [2.45, 2.75) is 25.3 Å². The molecule has 0 aromatic heterocycles. The Morgan fingerprint density at radius 1 is 1.04 bits per heavy atom. The maximum atomic E-state index is 13.3. The number of ketones is 1. The lowest BCUT2D eigenvalue weighted by Gasteiger charge is -2.37. The van der Waals surface area contributed by atoms with Gasteiger partial charge in [-0.2, -0.15) is 0 Å². The van der Waals surface area contributed by atoms with E-state index >= 15 is 0 Å². The first kappa shape index (κ1) is 17.7. The minimum atomic E-state index is -0.650. The van der Waals surface area contributed by atoms with E-state index in [1.807, 2.05) is 36.4 Å². The third-order valence-corrected chi connectivity index (χ3v) is 5.50. The number of ether oxygens (including phenoxy) is 2. The molecular formula is C22H23NO4. The highest BCUT2D eigenvalue weighted by atomic mass is 16.5. The standard InChI is InChI=1S/C22H23NO4/c24-20-17-8-4-5-9-19(17)27-15-18(20)23-21(25)22(10-12-26-13-11-22)14-16-6-2-1-3-7-16/h1-9,18H,10-15H2,(H,23,25). The minimum Gasteiger partial charge on any atom is -0.490 e. The Labute approximate surface area is 158 Å². The molecule has 1 atom stereocenters. The van der Waals surface area contributed by atoms with E-state index < -0.39 is 11.5 Å². The highest BCUT2D eigenvalue weighted by Gasteiger charge is 2.42. The van der Waals surface area contributed by atoms with Crippen LogP contribution < -0.4 is 10.1 Å². The maximum absolute atomic E-state index is 13.3. The van der Waals surface area contributed by atoms with E-state index in [0.717, 1.165) is 5.56 Å².